The molecule has 1 saturated heterocycles. The van der Waals surface area contributed by atoms with E-state index in [0.29, 0.717) is 13.0 Å². The Bertz CT molecular complexity index is 394. The maximum atomic E-state index is 12.6. The van der Waals surface area contributed by atoms with Crippen molar-refractivity contribution in [3.05, 3.63) is 12.7 Å². The van der Waals surface area contributed by atoms with Crippen molar-refractivity contribution in [2.45, 2.75) is 89.9 Å². The molecule has 1 aliphatic heterocycles. The molecule has 1 aliphatic rings. The molecule has 5 heteroatoms. The highest BCUT2D eigenvalue weighted by molar-refractivity contribution is 5.77. The molecule has 2 atom stereocenters. The molecule has 1 amide bonds. The van der Waals surface area contributed by atoms with E-state index in [1.807, 2.05) is 17.9 Å². The first kappa shape index (κ1) is 22.1. The standard InChI is InChI=1S/C20H38N2O3/c1-5-8-9-15-25-16-11-13-19(23)22-14-10-12-18(22)20(4,24)21-17(6-2)7-3/h5,17-18,21,24H,1,6-16H2,2-4H3. The second-order valence-electron chi connectivity index (χ2n) is 7.20. The van der Waals surface area contributed by atoms with E-state index in [9.17, 15) is 9.90 Å². The van der Waals surface area contributed by atoms with Gasteiger partial charge in [-0.25, -0.2) is 0 Å². The van der Waals surface area contributed by atoms with Crippen LogP contribution >= 0.6 is 0 Å². The maximum absolute atomic E-state index is 12.6. The number of hydrogen-bond acceptors (Lipinski definition) is 4. The van der Waals surface area contributed by atoms with Crippen LogP contribution in [0.2, 0.25) is 0 Å². The molecule has 0 aromatic carbocycles. The number of hydrogen-bond donors (Lipinski definition) is 2. The number of nitrogens with one attached hydrogen (secondary N) is 1. The normalized spacial score (nSPS) is 20.0. The minimum Gasteiger partial charge on any atom is -0.381 e. The number of ether oxygens (including phenoxy) is 1. The highest BCUT2D eigenvalue weighted by atomic mass is 16.5. The summed E-state index contributed by atoms with van der Waals surface area (Å²) in [4.78, 5) is 14.4. The van der Waals surface area contributed by atoms with Crippen molar-refractivity contribution in [1.29, 1.82) is 0 Å². The molecule has 0 radical (unpaired) electrons. The molecule has 5 nitrogen and oxygen atoms in total. The average molecular weight is 355 g/mol. The molecule has 2 N–H and O–H groups in total. The summed E-state index contributed by atoms with van der Waals surface area (Å²) in [6.07, 6.45) is 8.80. The zero-order valence-electron chi connectivity index (χ0n) is 16.4. The average Bonchev–Trinajstić information content (AvgIpc) is 3.09. The Labute approximate surface area is 153 Å². The quantitative estimate of drug-likeness (QED) is 0.303. The van der Waals surface area contributed by atoms with E-state index >= 15 is 0 Å². The lowest BCUT2D eigenvalue weighted by molar-refractivity contribution is -0.140. The molecule has 0 aromatic heterocycles. The first-order chi connectivity index (χ1) is 12.0. The van der Waals surface area contributed by atoms with Gasteiger partial charge in [-0.05, 0) is 51.9 Å². The van der Waals surface area contributed by atoms with Crippen molar-refractivity contribution < 1.29 is 14.6 Å². The molecule has 146 valence electrons. The largest absolute Gasteiger partial charge is 0.381 e. The number of likely N-dealkylation sites (tertiary alicyclic amines) is 1. The molecule has 0 bridgehead atoms. The summed E-state index contributed by atoms with van der Waals surface area (Å²) in [7, 11) is 0. The molecule has 2 unspecified atom stereocenters. The van der Waals surface area contributed by atoms with Gasteiger partial charge < -0.3 is 14.7 Å². The lowest BCUT2D eigenvalue weighted by Crippen LogP contribution is -2.60. The van der Waals surface area contributed by atoms with Crippen LogP contribution in [0.15, 0.2) is 12.7 Å². The van der Waals surface area contributed by atoms with E-state index < -0.39 is 5.72 Å². The molecule has 1 fully saturated rings. The van der Waals surface area contributed by atoms with Gasteiger partial charge in [-0.1, -0.05) is 19.9 Å². The van der Waals surface area contributed by atoms with Gasteiger partial charge >= 0.3 is 0 Å². The van der Waals surface area contributed by atoms with E-state index in [2.05, 4.69) is 25.7 Å². The molecule has 1 heterocycles. The summed E-state index contributed by atoms with van der Waals surface area (Å²) in [6, 6.07) is 0.130. The fourth-order valence-corrected chi connectivity index (χ4v) is 3.55. The second kappa shape index (κ2) is 11.7. The van der Waals surface area contributed by atoms with Gasteiger partial charge in [0.05, 0.1) is 6.04 Å². The van der Waals surface area contributed by atoms with Gasteiger partial charge in [-0.2, -0.15) is 0 Å². The van der Waals surface area contributed by atoms with Crippen molar-refractivity contribution in [3.63, 3.8) is 0 Å². The third-order valence-corrected chi connectivity index (χ3v) is 5.08. The first-order valence-electron chi connectivity index (χ1n) is 9.94. The van der Waals surface area contributed by atoms with E-state index in [4.69, 9.17) is 4.74 Å². The number of rotatable bonds is 13. The molecule has 0 aromatic rings. The first-order valence-corrected chi connectivity index (χ1v) is 9.94. The van der Waals surface area contributed by atoms with Crippen molar-refractivity contribution in [2.75, 3.05) is 19.8 Å². The van der Waals surface area contributed by atoms with Crippen LogP contribution < -0.4 is 5.32 Å². The monoisotopic (exact) mass is 354 g/mol. The Morgan fingerprint density at radius 1 is 1.40 bits per heavy atom. The van der Waals surface area contributed by atoms with Crippen LogP contribution in [0.25, 0.3) is 0 Å². The van der Waals surface area contributed by atoms with Crippen molar-refractivity contribution in [3.8, 4) is 0 Å². The van der Waals surface area contributed by atoms with E-state index in [0.717, 1.165) is 58.1 Å². The van der Waals surface area contributed by atoms with Gasteiger partial charge in [0.1, 0.15) is 5.72 Å². The smallest absolute Gasteiger partial charge is 0.223 e. The Hall–Kier alpha value is -0.910. The third-order valence-electron chi connectivity index (χ3n) is 5.08. The number of unbranched alkanes of at least 4 members (excludes halogenated alkanes) is 1. The van der Waals surface area contributed by atoms with Crippen LogP contribution in [-0.2, 0) is 9.53 Å². The van der Waals surface area contributed by atoms with Crippen molar-refractivity contribution in [2.24, 2.45) is 0 Å². The predicted molar refractivity (Wildman–Crippen MR) is 102 cm³/mol. The van der Waals surface area contributed by atoms with Crippen LogP contribution in [0, 0.1) is 0 Å². The van der Waals surface area contributed by atoms with Crippen molar-refractivity contribution >= 4 is 5.91 Å². The predicted octanol–water partition coefficient (Wildman–Crippen LogP) is 3.23. The lowest BCUT2D eigenvalue weighted by Gasteiger charge is -2.39. The number of nitrogens with zero attached hydrogens (tertiary/aromatic N) is 1. The Balaban J connectivity index is 2.42. The Morgan fingerprint density at radius 3 is 2.72 bits per heavy atom. The molecular weight excluding hydrogens is 316 g/mol. The lowest BCUT2D eigenvalue weighted by atomic mass is 10.00. The summed E-state index contributed by atoms with van der Waals surface area (Å²) in [5.41, 5.74) is -1.04. The Morgan fingerprint density at radius 2 is 2.08 bits per heavy atom. The van der Waals surface area contributed by atoms with Gasteiger partial charge in [0.2, 0.25) is 5.91 Å². The summed E-state index contributed by atoms with van der Waals surface area (Å²) in [6.45, 7) is 11.8. The van der Waals surface area contributed by atoms with Crippen LogP contribution in [0.5, 0.6) is 0 Å². The highest BCUT2D eigenvalue weighted by Crippen LogP contribution is 2.27. The molecule has 0 aliphatic carbocycles. The minimum absolute atomic E-state index is 0.129. The molecule has 25 heavy (non-hydrogen) atoms. The fourth-order valence-electron chi connectivity index (χ4n) is 3.55. The van der Waals surface area contributed by atoms with Crippen LogP contribution in [0.4, 0.5) is 0 Å². The summed E-state index contributed by atoms with van der Waals surface area (Å²) >= 11 is 0. The molecular formula is C20H38N2O3. The Kier molecular flexibility index (Phi) is 10.3. The summed E-state index contributed by atoms with van der Waals surface area (Å²) < 4.78 is 5.54. The minimum atomic E-state index is -1.04. The highest BCUT2D eigenvalue weighted by Gasteiger charge is 2.41. The third kappa shape index (κ3) is 7.47. The second-order valence-corrected chi connectivity index (χ2v) is 7.20. The molecule has 1 rings (SSSR count). The fraction of sp³-hybridized carbons (Fsp3) is 0.850. The number of amides is 1. The molecule has 0 spiro atoms. The maximum Gasteiger partial charge on any atom is 0.223 e. The number of aliphatic hydroxyl groups is 1. The van der Waals surface area contributed by atoms with Gasteiger partial charge in [-0.15, -0.1) is 6.58 Å². The van der Waals surface area contributed by atoms with Crippen molar-refractivity contribution in [1.82, 2.24) is 10.2 Å². The number of allylic oxidation sites excluding steroid dienone is 1. The summed E-state index contributed by atoms with van der Waals surface area (Å²) in [5, 5.41) is 14.3. The zero-order valence-corrected chi connectivity index (χ0v) is 16.4. The van der Waals surface area contributed by atoms with E-state index in [1.165, 1.54) is 0 Å². The van der Waals surface area contributed by atoms with Gasteiger partial charge in [0, 0.05) is 32.2 Å². The van der Waals surface area contributed by atoms with Crippen LogP contribution in [0.3, 0.4) is 0 Å². The zero-order chi connectivity index (χ0) is 18.7. The molecule has 0 saturated carbocycles. The van der Waals surface area contributed by atoms with Crippen LogP contribution in [0.1, 0.15) is 72.1 Å². The van der Waals surface area contributed by atoms with E-state index in [1.54, 1.807) is 0 Å². The van der Waals surface area contributed by atoms with Gasteiger partial charge in [-0.3, -0.25) is 10.1 Å². The topological polar surface area (TPSA) is 61.8 Å². The van der Waals surface area contributed by atoms with Gasteiger partial charge in [0.25, 0.3) is 0 Å². The SMILES string of the molecule is C=CCCCOCCCC(=O)N1CCCC1C(C)(O)NC(CC)CC. The van der Waals surface area contributed by atoms with Gasteiger partial charge in [0.15, 0.2) is 0 Å². The van der Waals surface area contributed by atoms with E-state index in [-0.39, 0.29) is 18.0 Å². The summed E-state index contributed by atoms with van der Waals surface area (Å²) in [5.74, 6) is 0.129. The number of carbonyl (C=O) groups is 1. The number of carbonyl (C=O) groups excluding carboxylic acids is 1. The van der Waals surface area contributed by atoms with Crippen LogP contribution in [-0.4, -0.2) is 53.5 Å².